The molecule has 0 bridgehead atoms. The SMILES string of the molecule is CC/C=C\C/C=C\C/C=C\C/C=C\C/C=C\C/C=C\CCCCC(=O)OCC(COC(=O)CCCCCCC/C=C\CCCCCCCCC)OC(=O)CCCCCCCCC/C=C\C/C=C\C/C=C\CC. The molecule has 0 aromatic heterocycles. The van der Waals surface area contributed by atoms with E-state index >= 15 is 0 Å². The Morgan fingerprint density at radius 3 is 0.889 bits per heavy atom. The third-order valence-electron chi connectivity index (χ3n) is 12.2. The van der Waals surface area contributed by atoms with E-state index in [4.69, 9.17) is 14.2 Å². The molecule has 72 heavy (non-hydrogen) atoms. The van der Waals surface area contributed by atoms with Crippen molar-refractivity contribution in [1.29, 1.82) is 0 Å². The van der Waals surface area contributed by atoms with Crippen LogP contribution in [0.5, 0.6) is 0 Å². The first-order valence-corrected chi connectivity index (χ1v) is 29.5. The molecule has 6 nitrogen and oxygen atoms in total. The lowest BCUT2D eigenvalue weighted by atomic mass is 10.1. The predicted octanol–water partition coefficient (Wildman–Crippen LogP) is 20.0. The van der Waals surface area contributed by atoms with Crippen LogP contribution in [0.15, 0.2) is 122 Å². The highest BCUT2D eigenvalue weighted by atomic mass is 16.6. The van der Waals surface area contributed by atoms with Crippen LogP contribution >= 0.6 is 0 Å². The molecule has 1 atom stereocenters. The smallest absolute Gasteiger partial charge is 0.306 e. The monoisotopic (exact) mass is 997 g/mol. The summed E-state index contributed by atoms with van der Waals surface area (Å²) >= 11 is 0. The van der Waals surface area contributed by atoms with Crippen LogP contribution < -0.4 is 0 Å². The van der Waals surface area contributed by atoms with Crippen LogP contribution in [0.3, 0.4) is 0 Å². The van der Waals surface area contributed by atoms with Gasteiger partial charge in [0.15, 0.2) is 6.10 Å². The van der Waals surface area contributed by atoms with Gasteiger partial charge in [-0.05, 0) is 128 Å². The van der Waals surface area contributed by atoms with Gasteiger partial charge < -0.3 is 14.2 Å². The molecular weight excluding hydrogens is 889 g/mol. The molecule has 0 fully saturated rings. The molecule has 0 spiro atoms. The van der Waals surface area contributed by atoms with Crippen LogP contribution in [0.25, 0.3) is 0 Å². The molecule has 0 amide bonds. The van der Waals surface area contributed by atoms with E-state index < -0.39 is 6.10 Å². The molecule has 0 aliphatic rings. The van der Waals surface area contributed by atoms with Gasteiger partial charge in [-0.15, -0.1) is 0 Å². The second-order valence-corrected chi connectivity index (χ2v) is 19.1. The highest BCUT2D eigenvalue weighted by molar-refractivity contribution is 5.71. The van der Waals surface area contributed by atoms with E-state index in [1.807, 2.05) is 0 Å². The summed E-state index contributed by atoms with van der Waals surface area (Å²) in [5, 5.41) is 0. The lowest BCUT2D eigenvalue weighted by Gasteiger charge is -2.18. The summed E-state index contributed by atoms with van der Waals surface area (Å²) in [6.07, 6.45) is 81.9. The van der Waals surface area contributed by atoms with E-state index in [-0.39, 0.29) is 31.1 Å². The fourth-order valence-corrected chi connectivity index (χ4v) is 7.81. The van der Waals surface area contributed by atoms with Crippen molar-refractivity contribution >= 4 is 17.9 Å². The van der Waals surface area contributed by atoms with Crippen LogP contribution in [0, 0.1) is 0 Å². The van der Waals surface area contributed by atoms with Gasteiger partial charge in [-0.25, -0.2) is 0 Å². The maximum absolute atomic E-state index is 12.9. The lowest BCUT2D eigenvalue weighted by Crippen LogP contribution is -2.30. The van der Waals surface area contributed by atoms with Crippen molar-refractivity contribution in [2.75, 3.05) is 13.2 Å². The molecule has 0 aliphatic carbocycles. The first-order chi connectivity index (χ1) is 35.5. The normalized spacial score (nSPS) is 13.0. The number of allylic oxidation sites excluding steroid dienone is 20. The Bertz CT molecular complexity index is 1520. The van der Waals surface area contributed by atoms with Crippen molar-refractivity contribution in [2.24, 2.45) is 0 Å². The summed E-state index contributed by atoms with van der Waals surface area (Å²) in [4.78, 5) is 38.2. The minimum absolute atomic E-state index is 0.103. The van der Waals surface area contributed by atoms with Gasteiger partial charge in [0, 0.05) is 19.3 Å². The molecule has 0 rings (SSSR count). The van der Waals surface area contributed by atoms with Crippen LogP contribution in [-0.4, -0.2) is 37.2 Å². The number of ether oxygens (including phenoxy) is 3. The number of rotatable bonds is 52. The fraction of sp³-hybridized carbons (Fsp3) is 0.652. The Hall–Kier alpha value is -4.19. The van der Waals surface area contributed by atoms with E-state index in [0.717, 1.165) is 128 Å². The summed E-state index contributed by atoms with van der Waals surface area (Å²) in [6, 6.07) is 0. The predicted molar refractivity (Wildman–Crippen MR) is 311 cm³/mol. The molecule has 0 aromatic carbocycles. The lowest BCUT2D eigenvalue weighted by molar-refractivity contribution is -0.167. The first kappa shape index (κ1) is 67.8. The average Bonchev–Trinajstić information content (AvgIpc) is 3.38. The number of hydrogen-bond donors (Lipinski definition) is 0. The quantitative estimate of drug-likeness (QED) is 0.0261. The van der Waals surface area contributed by atoms with E-state index in [0.29, 0.717) is 25.7 Å². The Labute approximate surface area is 443 Å². The van der Waals surface area contributed by atoms with E-state index in [1.54, 1.807) is 0 Å². The highest BCUT2D eigenvalue weighted by Crippen LogP contribution is 2.14. The van der Waals surface area contributed by atoms with Crippen molar-refractivity contribution in [2.45, 2.75) is 264 Å². The molecule has 0 N–H and O–H groups in total. The van der Waals surface area contributed by atoms with E-state index in [2.05, 4.69) is 142 Å². The fourth-order valence-electron chi connectivity index (χ4n) is 7.81. The minimum atomic E-state index is -0.809. The molecular formula is C66H108O6. The van der Waals surface area contributed by atoms with E-state index in [9.17, 15) is 14.4 Å². The zero-order chi connectivity index (χ0) is 52.2. The summed E-state index contributed by atoms with van der Waals surface area (Å²) in [7, 11) is 0. The molecule has 0 saturated heterocycles. The molecule has 0 radical (unpaired) electrons. The zero-order valence-electron chi connectivity index (χ0n) is 46.7. The van der Waals surface area contributed by atoms with E-state index in [1.165, 1.54) is 83.5 Å². The number of carbonyl (C=O) groups is 3. The average molecular weight is 998 g/mol. The number of esters is 3. The Kier molecular flexibility index (Phi) is 55.9. The number of hydrogen-bond acceptors (Lipinski definition) is 6. The highest BCUT2D eigenvalue weighted by Gasteiger charge is 2.19. The van der Waals surface area contributed by atoms with Crippen LogP contribution in [-0.2, 0) is 28.6 Å². The molecule has 1 unspecified atom stereocenters. The second-order valence-electron chi connectivity index (χ2n) is 19.1. The summed E-state index contributed by atoms with van der Waals surface area (Å²) < 4.78 is 16.8. The van der Waals surface area contributed by atoms with Crippen LogP contribution in [0.4, 0.5) is 0 Å². The zero-order valence-corrected chi connectivity index (χ0v) is 46.7. The van der Waals surface area contributed by atoms with Gasteiger partial charge >= 0.3 is 17.9 Å². The molecule has 0 aromatic rings. The molecule has 408 valence electrons. The van der Waals surface area contributed by atoms with Crippen molar-refractivity contribution in [3.8, 4) is 0 Å². The molecule has 0 heterocycles. The van der Waals surface area contributed by atoms with Gasteiger partial charge in [0.05, 0.1) is 0 Å². The third kappa shape index (κ3) is 56.7. The largest absolute Gasteiger partial charge is 0.462 e. The summed E-state index contributed by atoms with van der Waals surface area (Å²) in [6.45, 7) is 6.36. The standard InChI is InChI=1S/C66H108O6/c1-4-7-10-13-16-19-22-25-28-31-32-33-34-36-38-41-44-47-50-53-56-59-65(68)71-62-63(61-70-64(67)58-55-52-49-46-43-40-37-30-27-24-21-18-15-12-9-6-3)72-66(69)60-57-54-51-48-45-42-39-35-29-26-23-20-17-14-11-8-5-2/h7-8,10-11,16-17,19-20,25-26,28-30,32-33,36-38,44,47,63H,4-6,9,12-15,18,21-24,27,31,34-35,39-43,45-46,48-62H2,1-3H3/b10-7-,11-8-,19-16-,20-17-,28-25-,29-26-,33-32-,37-30-,38-36-,47-44-. The van der Waals surface area contributed by atoms with Crippen molar-refractivity contribution < 1.29 is 28.6 Å². The molecule has 6 heteroatoms. The van der Waals surface area contributed by atoms with Gasteiger partial charge in [-0.3, -0.25) is 14.4 Å². The Morgan fingerprint density at radius 1 is 0.292 bits per heavy atom. The number of unbranched alkanes of at least 4 members (excludes halogenated alkanes) is 21. The van der Waals surface area contributed by atoms with Gasteiger partial charge in [0.1, 0.15) is 13.2 Å². The first-order valence-electron chi connectivity index (χ1n) is 29.5. The third-order valence-corrected chi connectivity index (χ3v) is 12.2. The Morgan fingerprint density at radius 2 is 0.542 bits per heavy atom. The van der Waals surface area contributed by atoms with Crippen LogP contribution in [0.2, 0.25) is 0 Å². The summed E-state index contributed by atoms with van der Waals surface area (Å²) in [5.41, 5.74) is 0. The van der Waals surface area contributed by atoms with Gasteiger partial charge in [0.2, 0.25) is 0 Å². The maximum Gasteiger partial charge on any atom is 0.306 e. The summed E-state index contributed by atoms with van der Waals surface area (Å²) in [5.74, 6) is -0.965. The van der Waals surface area contributed by atoms with Gasteiger partial charge in [-0.1, -0.05) is 232 Å². The van der Waals surface area contributed by atoms with Crippen LogP contribution in [0.1, 0.15) is 258 Å². The van der Waals surface area contributed by atoms with Gasteiger partial charge in [0.25, 0.3) is 0 Å². The minimum Gasteiger partial charge on any atom is -0.462 e. The van der Waals surface area contributed by atoms with Crippen molar-refractivity contribution in [1.82, 2.24) is 0 Å². The van der Waals surface area contributed by atoms with Crippen molar-refractivity contribution in [3.05, 3.63) is 122 Å². The van der Waals surface area contributed by atoms with Crippen molar-refractivity contribution in [3.63, 3.8) is 0 Å². The number of carbonyl (C=O) groups excluding carboxylic acids is 3. The topological polar surface area (TPSA) is 78.9 Å². The molecule has 0 saturated carbocycles. The molecule has 0 aliphatic heterocycles. The Balaban J connectivity index is 4.51. The second kappa shape index (κ2) is 59.4. The van der Waals surface area contributed by atoms with Gasteiger partial charge in [-0.2, -0.15) is 0 Å². The maximum atomic E-state index is 12.9.